The topological polar surface area (TPSA) is 87.3 Å². The third kappa shape index (κ3) is 4.59. The molecule has 1 aromatic heterocycles. The number of aromatic nitrogens is 2. The number of halogens is 2. The summed E-state index contributed by atoms with van der Waals surface area (Å²) in [5, 5.41) is 3.86. The average Bonchev–Trinajstić information content (AvgIpc) is 2.79. The Hall–Kier alpha value is -3.03. The summed E-state index contributed by atoms with van der Waals surface area (Å²) in [6.45, 7) is 2.62. The average molecular weight is 473 g/mol. The number of methoxy groups -OCH3 is 1. The molecule has 1 unspecified atom stereocenters. The van der Waals surface area contributed by atoms with Gasteiger partial charge in [-0.15, -0.1) is 0 Å². The van der Waals surface area contributed by atoms with Crippen LogP contribution in [0.25, 0.3) is 0 Å². The number of fused-ring (bicyclic) bond motifs is 1. The zero-order valence-electron chi connectivity index (χ0n) is 17.6. The molecular weight excluding hydrogens is 451 g/mol. The van der Waals surface area contributed by atoms with E-state index in [2.05, 4.69) is 15.3 Å². The van der Waals surface area contributed by atoms with Gasteiger partial charge in [0.05, 0.1) is 29.4 Å². The van der Waals surface area contributed by atoms with Gasteiger partial charge in [-0.25, -0.2) is 4.98 Å². The molecule has 3 aromatic rings. The van der Waals surface area contributed by atoms with Crippen molar-refractivity contribution in [2.24, 2.45) is 0 Å². The Kier molecular flexibility index (Phi) is 6.39. The molecule has 32 heavy (non-hydrogen) atoms. The van der Waals surface area contributed by atoms with Crippen LogP contribution in [0.2, 0.25) is 10.0 Å². The summed E-state index contributed by atoms with van der Waals surface area (Å²) < 4.78 is 5.17. The third-order valence-corrected chi connectivity index (χ3v) is 6.24. The van der Waals surface area contributed by atoms with Gasteiger partial charge in [0.15, 0.2) is 0 Å². The summed E-state index contributed by atoms with van der Waals surface area (Å²) in [6, 6.07) is 12.2. The van der Waals surface area contributed by atoms with Crippen LogP contribution in [-0.2, 0) is 19.5 Å². The molecule has 0 saturated heterocycles. The first kappa shape index (κ1) is 22.2. The molecule has 0 saturated carbocycles. The van der Waals surface area contributed by atoms with Crippen LogP contribution in [0.5, 0.6) is 5.75 Å². The molecule has 2 aromatic carbocycles. The number of nitrogens with one attached hydrogen (secondary N) is 2. The number of aromatic amines is 1. The Labute approximate surface area is 195 Å². The van der Waals surface area contributed by atoms with Crippen molar-refractivity contribution < 1.29 is 9.53 Å². The van der Waals surface area contributed by atoms with E-state index < -0.39 is 0 Å². The molecule has 166 valence electrons. The standard InChI is InChI=1S/C23H22Cl2N4O3/c1-13-9-17-20(12-29(13)22(31)15-5-8-18(24)19(25)10-15)27-23(28-21(17)30)26-11-14-3-6-16(32-2)7-4-14/h3-8,10,13H,9,11-12H2,1-2H3,(H2,26,27,28,30). The van der Waals surface area contributed by atoms with Crippen LogP contribution in [0.1, 0.15) is 34.1 Å². The second-order valence-electron chi connectivity index (χ2n) is 7.66. The molecule has 0 radical (unpaired) electrons. The number of rotatable bonds is 5. The smallest absolute Gasteiger partial charge is 0.255 e. The second-order valence-corrected chi connectivity index (χ2v) is 8.47. The quantitative estimate of drug-likeness (QED) is 0.578. The minimum Gasteiger partial charge on any atom is -0.497 e. The normalized spacial score (nSPS) is 15.2. The molecule has 0 bridgehead atoms. The van der Waals surface area contributed by atoms with E-state index in [-0.39, 0.29) is 24.1 Å². The van der Waals surface area contributed by atoms with Crippen LogP contribution in [0.4, 0.5) is 5.95 Å². The number of hydrogen-bond donors (Lipinski definition) is 2. The van der Waals surface area contributed by atoms with E-state index in [4.69, 9.17) is 27.9 Å². The highest BCUT2D eigenvalue weighted by Gasteiger charge is 2.30. The van der Waals surface area contributed by atoms with Crippen LogP contribution >= 0.6 is 23.2 Å². The number of ether oxygens (including phenoxy) is 1. The predicted molar refractivity (Wildman–Crippen MR) is 125 cm³/mol. The fourth-order valence-electron chi connectivity index (χ4n) is 3.69. The van der Waals surface area contributed by atoms with E-state index in [0.29, 0.717) is 45.8 Å². The summed E-state index contributed by atoms with van der Waals surface area (Å²) in [5.74, 6) is 0.951. The van der Waals surface area contributed by atoms with Gasteiger partial charge in [0.25, 0.3) is 11.5 Å². The van der Waals surface area contributed by atoms with E-state index in [1.165, 1.54) is 0 Å². The van der Waals surface area contributed by atoms with Gasteiger partial charge in [-0.3, -0.25) is 14.6 Å². The number of amides is 1. The Balaban J connectivity index is 1.54. The highest BCUT2D eigenvalue weighted by molar-refractivity contribution is 6.42. The number of anilines is 1. The van der Waals surface area contributed by atoms with Crippen molar-refractivity contribution in [2.45, 2.75) is 32.5 Å². The van der Waals surface area contributed by atoms with Crippen LogP contribution < -0.4 is 15.6 Å². The Bertz CT molecular complexity index is 1210. The largest absolute Gasteiger partial charge is 0.497 e. The maximum atomic E-state index is 13.1. The maximum Gasteiger partial charge on any atom is 0.255 e. The summed E-state index contributed by atoms with van der Waals surface area (Å²) >= 11 is 12.1. The van der Waals surface area contributed by atoms with Crippen molar-refractivity contribution >= 4 is 35.1 Å². The SMILES string of the molecule is COc1ccc(CNc2nc3c(c(=O)[nH]2)CC(C)N(C(=O)c2ccc(Cl)c(Cl)c2)C3)cc1. The number of hydrogen-bond acceptors (Lipinski definition) is 5. The van der Waals surface area contributed by atoms with E-state index in [1.807, 2.05) is 31.2 Å². The van der Waals surface area contributed by atoms with E-state index in [9.17, 15) is 9.59 Å². The molecule has 0 spiro atoms. The Morgan fingerprint density at radius 1 is 1.22 bits per heavy atom. The number of benzene rings is 2. The lowest BCUT2D eigenvalue weighted by molar-refractivity contribution is 0.0653. The van der Waals surface area contributed by atoms with Crippen LogP contribution in [0.15, 0.2) is 47.3 Å². The highest BCUT2D eigenvalue weighted by atomic mass is 35.5. The molecule has 2 N–H and O–H groups in total. The summed E-state index contributed by atoms with van der Waals surface area (Å²) in [5.41, 5.74) is 2.44. The summed E-state index contributed by atoms with van der Waals surface area (Å²) in [4.78, 5) is 34.8. The molecule has 1 atom stereocenters. The lowest BCUT2D eigenvalue weighted by Gasteiger charge is -2.34. The van der Waals surface area contributed by atoms with Gasteiger partial charge in [0.1, 0.15) is 5.75 Å². The third-order valence-electron chi connectivity index (χ3n) is 5.50. The van der Waals surface area contributed by atoms with Gasteiger partial charge >= 0.3 is 0 Å². The zero-order chi connectivity index (χ0) is 22.8. The molecule has 1 aliphatic rings. The van der Waals surface area contributed by atoms with Crippen molar-refractivity contribution in [1.29, 1.82) is 0 Å². The lowest BCUT2D eigenvalue weighted by Crippen LogP contribution is -2.45. The minimum absolute atomic E-state index is 0.162. The monoisotopic (exact) mass is 472 g/mol. The van der Waals surface area contributed by atoms with Crippen molar-refractivity contribution in [2.75, 3.05) is 12.4 Å². The molecule has 7 nitrogen and oxygen atoms in total. The first-order chi connectivity index (χ1) is 15.4. The Morgan fingerprint density at radius 3 is 2.66 bits per heavy atom. The van der Waals surface area contributed by atoms with Gasteiger partial charge < -0.3 is 15.0 Å². The molecule has 4 rings (SSSR count). The van der Waals surface area contributed by atoms with Crippen LogP contribution in [0, 0.1) is 0 Å². The van der Waals surface area contributed by atoms with Gasteiger partial charge in [0.2, 0.25) is 5.95 Å². The van der Waals surface area contributed by atoms with Gasteiger partial charge in [-0.1, -0.05) is 35.3 Å². The number of carbonyl (C=O) groups excluding carboxylic acids is 1. The van der Waals surface area contributed by atoms with Crippen molar-refractivity contribution in [3.8, 4) is 5.75 Å². The van der Waals surface area contributed by atoms with Gasteiger partial charge in [0, 0.05) is 23.7 Å². The number of carbonyl (C=O) groups is 1. The van der Waals surface area contributed by atoms with Gasteiger partial charge in [-0.05, 0) is 49.2 Å². The van der Waals surface area contributed by atoms with Gasteiger partial charge in [-0.2, -0.15) is 0 Å². The molecule has 0 fully saturated rings. The molecule has 9 heteroatoms. The number of nitrogens with zero attached hydrogens (tertiary/aromatic N) is 2. The molecular formula is C23H22Cl2N4O3. The predicted octanol–water partition coefficient (Wildman–Crippen LogP) is 4.28. The van der Waals surface area contributed by atoms with E-state index in [0.717, 1.165) is 11.3 Å². The molecule has 1 aliphatic heterocycles. The first-order valence-electron chi connectivity index (χ1n) is 10.1. The Morgan fingerprint density at radius 2 is 1.97 bits per heavy atom. The number of H-pyrrole nitrogens is 1. The van der Waals surface area contributed by atoms with Crippen LogP contribution in [0.3, 0.4) is 0 Å². The van der Waals surface area contributed by atoms with E-state index >= 15 is 0 Å². The molecule has 0 aliphatic carbocycles. The zero-order valence-corrected chi connectivity index (χ0v) is 19.1. The highest BCUT2D eigenvalue weighted by Crippen LogP contribution is 2.26. The lowest BCUT2D eigenvalue weighted by atomic mass is 9.99. The van der Waals surface area contributed by atoms with Crippen molar-refractivity contribution in [1.82, 2.24) is 14.9 Å². The van der Waals surface area contributed by atoms with Crippen LogP contribution in [-0.4, -0.2) is 33.9 Å². The van der Waals surface area contributed by atoms with Crippen molar-refractivity contribution in [3.63, 3.8) is 0 Å². The molecule has 1 amide bonds. The summed E-state index contributed by atoms with van der Waals surface area (Å²) in [7, 11) is 1.62. The van der Waals surface area contributed by atoms with E-state index in [1.54, 1.807) is 30.2 Å². The minimum atomic E-state index is -0.194. The fourth-order valence-corrected chi connectivity index (χ4v) is 3.99. The van der Waals surface area contributed by atoms with Crippen molar-refractivity contribution in [3.05, 3.63) is 85.2 Å². The first-order valence-corrected chi connectivity index (χ1v) is 10.9. The summed E-state index contributed by atoms with van der Waals surface area (Å²) in [6.07, 6.45) is 0.420. The maximum absolute atomic E-state index is 13.1. The second kappa shape index (κ2) is 9.22. The fraction of sp³-hybridized carbons (Fsp3) is 0.261. The molecule has 2 heterocycles.